The number of likely N-dealkylation sites (N-methyl/N-ethyl adjacent to an activating group) is 1. The van der Waals surface area contributed by atoms with E-state index in [-0.39, 0.29) is 17.4 Å². The number of nitrogens with one attached hydrogen (secondary N) is 1. The molecule has 106 valence electrons. The van der Waals surface area contributed by atoms with E-state index in [1.54, 1.807) is 28.4 Å². The largest absolute Gasteiger partial charge is 0.488 e. The first-order valence-electron chi connectivity index (χ1n) is 6.24. The number of anilines is 1. The van der Waals surface area contributed by atoms with E-state index in [1.165, 1.54) is 6.07 Å². The van der Waals surface area contributed by atoms with E-state index >= 15 is 0 Å². The van der Waals surface area contributed by atoms with E-state index in [0.717, 1.165) is 25.2 Å². The lowest BCUT2D eigenvalue weighted by Gasteiger charge is -2.20. The van der Waals surface area contributed by atoms with Gasteiger partial charge in [0.25, 0.3) is 5.66 Å². The normalized spacial score (nSPS) is 20.6. The molecule has 0 aliphatic carbocycles. The quantitative estimate of drug-likeness (QED) is 0.862. The van der Waals surface area contributed by atoms with Gasteiger partial charge in [-0.15, -0.1) is 0 Å². The molecule has 0 bridgehead atoms. The molecule has 6 heteroatoms. The predicted octanol–water partition coefficient (Wildman–Crippen LogP) is 2.74. The standard InChI is InChI=1S/C13H19F2N2OP/c1-16-9-3-4-11(13(14,15)19)12(7-9)18-10-5-6-17(2)8-10/h3-4,7,10,16H,5-6,8,19H2,1-2H3/t10-/m1/s1. The zero-order valence-electron chi connectivity index (χ0n) is 11.1. The van der Waals surface area contributed by atoms with Gasteiger partial charge in [0.15, 0.2) is 0 Å². The van der Waals surface area contributed by atoms with Crippen LogP contribution in [0.25, 0.3) is 0 Å². The maximum Gasteiger partial charge on any atom is 0.287 e. The Bertz CT molecular complexity index is 451. The van der Waals surface area contributed by atoms with Crippen LogP contribution in [-0.4, -0.2) is 38.2 Å². The molecule has 0 aromatic heterocycles. The van der Waals surface area contributed by atoms with Crippen molar-refractivity contribution in [1.29, 1.82) is 0 Å². The number of alkyl halides is 2. The Hall–Kier alpha value is -0.930. The molecular formula is C13H19F2N2OP. The number of hydrogen-bond donors (Lipinski definition) is 1. The summed E-state index contributed by atoms with van der Waals surface area (Å²) < 4.78 is 32.9. The Kier molecular flexibility index (Phi) is 4.26. The van der Waals surface area contributed by atoms with Gasteiger partial charge in [-0.2, -0.15) is 8.78 Å². The van der Waals surface area contributed by atoms with Crippen molar-refractivity contribution in [3.05, 3.63) is 23.8 Å². The topological polar surface area (TPSA) is 24.5 Å². The molecule has 3 nitrogen and oxygen atoms in total. The van der Waals surface area contributed by atoms with Gasteiger partial charge in [0.2, 0.25) is 0 Å². The molecule has 0 spiro atoms. The molecule has 1 aromatic carbocycles. The second-order valence-electron chi connectivity index (χ2n) is 4.87. The fourth-order valence-corrected chi connectivity index (χ4v) is 2.46. The molecule has 1 saturated heterocycles. The maximum absolute atomic E-state index is 13.6. The molecule has 1 aliphatic heterocycles. The van der Waals surface area contributed by atoms with Gasteiger partial charge < -0.3 is 15.0 Å². The average molecular weight is 288 g/mol. The van der Waals surface area contributed by atoms with Crippen molar-refractivity contribution in [3.8, 4) is 5.75 Å². The summed E-state index contributed by atoms with van der Waals surface area (Å²) in [5.41, 5.74) is -2.31. The number of rotatable bonds is 4. The highest BCUT2D eigenvalue weighted by Crippen LogP contribution is 2.41. The van der Waals surface area contributed by atoms with Crippen molar-refractivity contribution in [3.63, 3.8) is 0 Å². The van der Waals surface area contributed by atoms with Gasteiger partial charge in [0, 0.05) is 31.9 Å². The fourth-order valence-electron chi connectivity index (χ4n) is 2.22. The van der Waals surface area contributed by atoms with Crippen molar-refractivity contribution in [2.45, 2.75) is 18.2 Å². The molecule has 2 atom stereocenters. The Morgan fingerprint density at radius 3 is 2.74 bits per heavy atom. The summed E-state index contributed by atoms with van der Waals surface area (Å²) in [6, 6.07) is 4.67. The molecule has 1 aliphatic rings. The molecule has 1 aromatic rings. The Balaban J connectivity index is 2.25. The Morgan fingerprint density at radius 2 is 2.21 bits per heavy atom. The van der Waals surface area contributed by atoms with Crippen LogP contribution in [0.5, 0.6) is 5.75 Å². The van der Waals surface area contributed by atoms with E-state index < -0.39 is 5.66 Å². The van der Waals surface area contributed by atoms with Gasteiger partial charge in [-0.3, -0.25) is 0 Å². The molecule has 1 heterocycles. The Morgan fingerprint density at radius 1 is 1.47 bits per heavy atom. The van der Waals surface area contributed by atoms with Crippen LogP contribution >= 0.6 is 9.24 Å². The first-order chi connectivity index (χ1) is 8.90. The number of halogens is 2. The number of hydrogen-bond acceptors (Lipinski definition) is 3. The summed E-state index contributed by atoms with van der Waals surface area (Å²) in [5.74, 6) is 0.257. The van der Waals surface area contributed by atoms with E-state index in [9.17, 15) is 8.78 Å². The van der Waals surface area contributed by atoms with E-state index in [0.29, 0.717) is 0 Å². The fraction of sp³-hybridized carbons (Fsp3) is 0.538. The molecular weight excluding hydrogens is 269 g/mol. The van der Waals surface area contributed by atoms with Gasteiger partial charge in [0.1, 0.15) is 11.9 Å². The zero-order chi connectivity index (χ0) is 14.0. The SMILES string of the molecule is CNc1ccc(C(F)(F)P)c(O[C@@H]2CCN(C)C2)c1. The lowest BCUT2D eigenvalue weighted by molar-refractivity contribution is 0.0956. The number of ether oxygens (including phenoxy) is 1. The molecule has 0 saturated carbocycles. The van der Waals surface area contributed by atoms with E-state index in [4.69, 9.17) is 4.74 Å². The number of benzene rings is 1. The van der Waals surface area contributed by atoms with Crippen molar-refractivity contribution >= 4 is 14.9 Å². The highest BCUT2D eigenvalue weighted by molar-refractivity contribution is 7.17. The van der Waals surface area contributed by atoms with Crippen LogP contribution in [-0.2, 0) is 5.66 Å². The minimum atomic E-state index is -2.98. The predicted molar refractivity (Wildman–Crippen MR) is 76.1 cm³/mol. The maximum atomic E-state index is 13.6. The van der Waals surface area contributed by atoms with Crippen LogP contribution in [0, 0.1) is 0 Å². The van der Waals surface area contributed by atoms with Crippen molar-refractivity contribution in [2.75, 3.05) is 32.5 Å². The summed E-state index contributed by atoms with van der Waals surface area (Å²) in [4.78, 5) is 2.13. The van der Waals surface area contributed by atoms with Crippen LogP contribution in [0.15, 0.2) is 18.2 Å². The van der Waals surface area contributed by atoms with E-state index in [1.807, 2.05) is 7.05 Å². The zero-order valence-corrected chi connectivity index (χ0v) is 12.3. The summed E-state index contributed by atoms with van der Waals surface area (Å²) in [5, 5.41) is 2.94. The van der Waals surface area contributed by atoms with Gasteiger partial charge in [-0.05, 0) is 25.6 Å². The molecule has 1 unspecified atom stereocenters. The summed E-state index contributed by atoms with van der Waals surface area (Å²) in [6.45, 7) is 1.70. The van der Waals surface area contributed by atoms with Gasteiger partial charge in [-0.1, -0.05) is 9.24 Å². The van der Waals surface area contributed by atoms with Crippen molar-refractivity contribution in [2.24, 2.45) is 0 Å². The van der Waals surface area contributed by atoms with Gasteiger partial charge in [0.05, 0.1) is 5.56 Å². The van der Waals surface area contributed by atoms with E-state index in [2.05, 4.69) is 10.2 Å². The average Bonchev–Trinajstić information content (AvgIpc) is 2.73. The molecule has 0 amide bonds. The van der Waals surface area contributed by atoms with Crippen LogP contribution in [0.2, 0.25) is 0 Å². The summed E-state index contributed by atoms with van der Waals surface area (Å²) in [7, 11) is 5.32. The summed E-state index contributed by atoms with van der Waals surface area (Å²) >= 11 is 0. The number of likely N-dealkylation sites (tertiary alicyclic amines) is 1. The lowest BCUT2D eigenvalue weighted by atomic mass is 10.1. The molecule has 1 fully saturated rings. The highest BCUT2D eigenvalue weighted by atomic mass is 31.0. The van der Waals surface area contributed by atoms with Crippen LogP contribution in [0.3, 0.4) is 0 Å². The van der Waals surface area contributed by atoms with Gasteiger partial charge in [-0.25, -0.2) is 0 Å². The van der Waals surface area contributed by atoms with Crippen molar-refractivity contribution in [1.82, 2.24) is 4.90 Å². The van der Waals surface area contributed by atoms with Crippen LogP contribution < -0.4 is 10.1 Å². The van der Waals surface area contributed by atoms with Crippen LogP contribution in [0.4, 0.5) is 14.5 Å². The van der Waals surface area contributed by atoms with Crippen LogP contribution in [0.1, 0.15) is 12.0 Å². The third kappa shape index (κ3) is 3.54. The minimum Gasteiger partial charge on any atom is -0.488 e. The Labute approximate surface area is 114 Å². The monoisotopic (exact) mass is 288 g/mol. The number of nitrogens with zero attached hydrogens (tertiary/aromatic N) is 1. The molecule has 19 heavy (non-hydrogen) atoms. The van der Waals surface area contributed by atoms with Gasteiger partial charge >= 0.3 is 0 Å². The third-order valence-electron chi connectivity index (χ3n) is 3.27. The minimum absolute atomic E-state index is 0.0248. The first kappa shape index (κ1) is 14.5. The third-order valence-corrected chi connectivity index (χ3v) is 3.58. The summed E-state index contributed by atoms with van der Waals surface area (Å²) in [6.07, 6.45) is 0.838. The molecule has 0 radical (unpaired) electrons. The highest BCUT2D eigenvalue weighted by Gasteiger charge is 2.31. The van der Waals surface area contributed by atoms with Crippen molar-refractivity contribution < 1.29 is 13.5 Å². The second kappa shape index (κ2) is 5.59. The second-order valence-corrected chi connectivity index (χ2v) is 5.60. The molecule has 2 rings (SSSR count). The first-order valence-corrected chi connectivity index (χ1v) is 6.82. The lowest BCUT2D eigenvalue weighted by Crippen LogP contribution is -2.22. The smallest absolute Gasteiger partial charge is 0.287 e. The molecule has 1 N–H and O–H groups in total.